The molecule has 0 saturated heterocycles. The van der Waals surface area contributed by atoms with Crippen molar-refractivity contribution in [1.29, 1.82) is 0 Å². The molecule has 1 aromatic carbocycles. The minimum absolute atomic E-state index is 0.0608. The van der Waals surface area contributed by atoms with Crippen molar-refractivity contribution in [1.82, 2.24) is 15.1 Å². The zero-order chi connectivity index (χ0) is 17.3. The van der Waals surface area contributed by atoms with Gasteiger partial charge in [-0.25, -0.2) is 4.68 Å². The molecule has 6 heteroatoms. The maximum atomic E-state index is 12.3. The lowest BCUT2D eigenvalue weighted by molar-refractivity contribution is -0.141. The number of carboxylic acid groups (broad SMARTS) is 1. The maximum Gasteiger partial charge on any atom is 0.306 e. The summed E-state index contributed by atoms with van der Waals surface area (Å²) in [6.07, 6.45) is 1.84. The Morgan fingerprint density at radius 1 is 1.21 bits per heavy atom. The Morgan fingerprint density at radius 3 is 2.46 bits per heavy atom. The second-order valence-corrected chi connectivity index (χ2v) is 6.40. The molecule has 1 saturated carbocycles. The summed E-state index contributed by atoms with van der Waals surface area (Å²) in [7, 11) is 0. The number of carboxylic acids is 1. The van der Waals surface area contributed by atoms with Crippen LogP contribution in [0.25, 0.3) is 5.69 Å². The first-order valence-electron chi connectivity index (χ1n) is 8.11. The average Bonchev–Trinajstić information content (AvgIpc) is 3.14. The molecule has 6 nitrogen and oxygen atoms in total. The molecule has 1 aliphatic rings. The highest BCUT2D eigenvalue weighted by Crippen LogP contribution is 2.26. The summed E-state index contributed by atoms with van der Waals surface area (Å²) in [5, 5.41) is 16.4. The van der Waals surface area contributed by atoms with Gasteiger partial charge in [-0.15, -0.1) is 0 Å². The monoisotopic (exact) mass is 327 g/mol. The average molecular weight is 327 g/mol. The lowest BCUT2D eigenvalue weighted by Gasteiger charge is -2.13. The minimum atomic E-state index is -0.777. The number of hydrogen-bond acceptors (Lipinski definition) is 3. The van der Waals surface area contributed by atoms with Crippen LogP contribution in [0.3, 0.4) is 0 Å². The molecule has 2 aromatic rings. The fourth-order valence-electron chi connectivity index (χ4n) is 3.25. The molecule has 0 aliphatic heterocycles. The first-order valence-corrected chi connectivity index (χ1v) is 8.11. The van der Waals surface area contributed by atoms with Crippen LogP contribution in [0.15, 0.2) is 30.3 Å². The van der Waals surface area contributed by atoms with E-state index in [1.54, 1.807) is 12.1 Å². The number of aryl methyl sites for hydroxylation is 2. The normalized spacial score (nSPS) is 20.1. The van der Waals surface area contributed by atoms with Crippen molar-refractivity contribution in [3.8, 4) is 5.69 Å². The summed E-state index contributed by atoms with van der Waals surface area (Å²) in [4.78, 5) is 23.3. The van der Waals surface area contributed by atoms with E-state index in [2.05, 4.69) is 10.4 Å². The molecule has 126 valence electrons. The Hall–Kier alpha value is -2.63. The van der Waals surface area contributed by atoms with Crippen LogP contribution in [0.1, 0.15) is 41.0 Å². The summed E-state index contributed by atoms with van der Waals surface area (Å²) < 4.78 is 1.84. The SMILES string of the molecule is Cc1cc(C)n(-c2ccc(C(=O)NC3CCC(C(=O)O)C3)cc2)n1. The summed E-state index contributed by atoms with van der Waals surface area (Å²) in [6, 6.07) is 9.20. The molecule has 1 heterocycles. The van der Waals surface area contributed by atoms with Crippen LogP contribution in [0, 0.1) is 19.8 Å². The Balaban J connectivity index is 1.66. The molecule has 24 heavy (non-hydrogen) atoms. The Morgan fingerprint density at radius 2 is 1.92 bits per heavy atom. The number of carbonyl (C=O) groups excluding carboxylic acids is 1. The Bertz CT molecular complexity index is 764. The van der Waals surface area contributed by atoms with Crippen LogP contribution in [-0.4, -0.2) is 32.8 Å². The van der Waals surface area contributed by atoms with Gasteiger partial charge in [-0.1, -0.05) is 0 Å². The van der Waals surface area contributed by atoms with Gasteiger partial charge in [0.15, 0.2) is 0 Å². The van der Waals surface area contributed by atoms with Gasteiger partial charge in [-0.2, -0.15) is 5.10 Å². The van der Waals surface area contributed by atoms with E-state index in [1.807, 2.05) is 36.7 Å². The molecule has 2 atom stereocenters. The number of nitrogens with zero attached hydrogens (tertiary/aromatic N) is 2. The molecule has 1 aromatic heterocycles. The van der Waals surface area contributed by atoms with Crippen LogP contribution in [0.5, 0.6) is 0 Å². The van der Waals surface area contributed by atoms with Gasteiger partial charge in [0.2, 0.25) is 0 Å². The van der Waals surface area contributed by atoms with Gasteiger partial charge < -0.3 is 10.4 Å². The van der Waals surface area contributed by atoms with Gasteiger partial charge in [-0.3, -0.25) is 9.59 Å². The van der Waals surface area contributed by atoms with E-state index < -0.39 is 5.97 Å². The highest BCUT2D eigenvalue weighted by atomic mass is 16.4. The van der Waals surface area contributed by atoms with Gasteiger partial charge >= 0.3 is 5.97 Å². The molecule has 0 radical (unpaired) electrons. The van der Waals surface area contributed by atoms with Crippen molar-refractivity contribution in [2.24, 2.45) is 5.92 Å². The largest absolute Gasteiger partial charge is 0.481 e. The summed E-state index contributed by atoms with van der Waals surface area (Å²) in [6.45, 7) is 3.93. The van der Waals surface area contributed by atoms with E-state index >= 15 is 0 Å². The molecule has 1 amide bonds. The maximum absolute atomic E-state index is 12.3. The van der Waals surface area contributed by atoms with E-state index in [1.165, 1.54) is 0 Å². The number of rotatable bonds is 4. The third kappa shape index (κ3) is 3.32. The summed E-state index contributed by atoms with van der Waals surface area (Å²) in [5.74, 6) is -1.28. The molecular formula is C18H21N3O3. The van der Waals surface area contributed by atoms with Crippen molar-refractivity contribution >= 4 is 11.9 Å². The van der Waals surface area contributed by atoms with E-state index in [4.69, 9.17) is 5.11 Å². The van der Waals surface area contributed by atoms with Crippen molar-refractivity contribution in [3.05, 3.63) is 47.3 Å². The van der Waals surface area contributed by atoms with E-state index in [0.717, 1.165) is 17.1 Å². The molecule has 1 fully saturated rings. The summed E-state index contributed by atoms with van der Waals surface area (Å²) in [5.41, 5.74) is 3.46. The molecule has 3 rings (SSSR count). The Labute approximate surface area is 140 Å². The van der Waals surface area contributed by atoms with Gasteiger partial charge in [0, 0.05) is 17.3 Å². The fourth-order valence-corrected chi connectivity index (χ4v) is 3.25. The third-order valence-electron chi connectivity index (χ3n) is 4.50. The van der Waals surface area contributed by atoms with Crippen LogP contribution < -0.4 is 5.32 Å². The van der Waals surface area contributed by atoms with Crippen LogP contribution in [0.2, 0.25) is 0 Å². The predicted molar refractivity (Wildman–Crippen MR) is 89.3 cm³/mol. The lowest BCUT2D eigenvalue weighted by Crippen LogP contribution is -2.33. The molecule has 2 unspecified atom stereocenters. The number of amides is 1. The second kappa shape index (κ2) is 6.47. The first-order chi connectivity index (χ1) is 11.4. The third-order valence-corrected chi connectivity index (χ3v) is 4.50. The van der Waals surface area contributed by atoms with Gasteiger partial charge in [0.25, 0.3) is 5.91 Å². The predicted octanol–water partition coefficient (Wildman–Crippen LogP) is 2.47. The zero-order valence-corrected chi connectivity index (χ0v) is 13.8. The van der Waals surface area contributed by atoms with E-state index in [9.17, 15) is 9.59 Å². The number of benzene rings is 1. The van der Waals surface area contributed by atoms with Crippen LogP contribution in [0.4, 0.5) is 0 Å². The number of hydrogen-bond donors (Lipinski definition) is 2. The van der Waals surface area contributed by atoms with Crippen molar-refractivity contribution < 1.29 is 14.7 Å². The highest BCUT2D eigenvalue weighted by Gasteiger charge is 2.30. The van der Waals surface area contributed by atoms with Gasteiger partial charge in [-0.05, 0) is 63.4 Å². The standard InChI is InChI=1S/C18H21N3O3/c1-11-9-12(2)21(20-11)16-7-4-13(5-8-16)17(22)19-15-6-3-14(10-15)18(23)24/h4-5,7-9,14-15H,3,6,10H2,1-2H3,(H,19,22)(H,23,24). The zero-order valence-electron chi connectivity index (χ0n) is 13.8. The number of nitrogens with one attached hydrogen (secondary N) is 1. The number of aliphatic carboxylic acids is 1. The van der Waals surface area contributed by atoms with Crippen molar-refractivity contribution in [2.45, 2.75) is 39.2 Å². The number of aromatic nitrogens is 2. The highest BCUT2D eigenvalue weighted by molar-refractivity contribution is 5.94. The lowest BCUT2D eigenvalue weighted by atomic mass is 10.1. The topological polar surface area (TPSA) is 84.2 Å². The molecule has 0 spiro atoms. The molecule has 1 aliphatic carbocycles. The molecule has 2 N–H and O–H groups in total. The van der Waals surface area contributed by atoms with Gasteiger partial charge in [0.1, 0.15) is 0 Å². The molecular weight excluding hydrogens is 306 g/mol. The van der Waals surface area contributed by atoms with Crippen LogP contribution >= 0.6 is 0 Å². The van der Waals surface area contributed by atoms with Gasteiger partial charge in [0.05, 0.1) is 17.3 Å². The van der Waals surface area contributed by atoms with Crippen molar-refractivity contribution in [2.75, 3.05) is 0 Å². The van der Waals surface area contributed by atoms with Crippen LogP contribution in [-0.2, 0) is 4.79 Å². The van der Waals surface area contributed by atoms with E-state index in [-0.39, 0.29) is 17.9 Å². The smallest absolute Gasteiger partial charge is 0.306 e. The Kier molecular flexibility index (Phi) is 4.38. The van der Waals surface area contributed by atoms with E-state index in [0.29, 0.717) is 24.8 Å². The first kappa shape index (κ1) is 16.2. The molecule has 0 bridgehead atoms. The number of carbonyl (C=O) groups is 2. The van der Waals surface area contributed by atoms with Crippen molar-refractivity contribution in [3.63, 3.8) is 0 Å². The fraction of sp³-hybridized carbons (Fsp3) is 0.389. The minimum Gasteiger partial charge on any atom is -0.481 e. The second-order valence-electron chi connectivity index (χ2n) is 6.40. The quantitative estimate of drug-likeness (QED) is 0.903. The summed E-state index contributed by atoms with van der Waals surface area (Å²) >= 11 is 0.